The fourth-order valence-corrected chi connectivity index (χ4v) is 5.62. The minimum Gasteiger partial charge on any atom is -0.497 e. The van der Waals surface area contributed by atoms with Gasteiger partial charge in [-0.3, -0.25) is 13.9 Å². The number of carbonyl (C=O) groups excluding carboxylic acids is 2. The Bertz CT molecular complexity index is 1410. The zero-order chi connectivity index (χ0) is 30.0. The third kappa shape index (κ3) is 8.23. The van der Waals surface area contributed by atoms with Crippen LogP contribution in [0.3, 0.4) is 0 Å². The molecule has 0 bridgehead atoms. The topological polar surface area (TPSA) is 105 Å². The number of aryl methyl sites for hydroxylation is 1. The molecule has 0 radical (unpaired) electrons. The third-order valence-corrected chi connectivity index (χ3v) is 8.52. The van der Waals surface area contributed by atoms with E-state index in [1.54, 1.807) is 68.6 Å². The van der Waals surface area contributed by atoms with Crippen LogP contribution in [0, 0.1) is 6.92 Å². The van der Waals surface area contributed by atoms with Crippen LogP contribution in [0.4, 0.5) is 5.69 Å². The van der Waals surface area contributed by atoms with Gasteiger partial charge in [-0.15, -0.1) is 0 Å². The van der Waals surface area contributed by atoms with Gasteiger partial charge in [0, 0.05) is 13.1 Å². The number of ether oxygens (including phenoxy) is 2. The molecule has 10 heteroatoms. The monoisotopic (exact) mass is 581 g/mol. The number of benzene rings is 3. The van der Waals surface area contributed by atoms with Crippen molar-refractivity contribution in [2.75, 3.05) is 31.6 Å². The number of hydrogen-bond donors (Lipinski definition) is 1. The van der Waals surface area contributed by atoms with Crippen LogP contribution in [0.25, 0.3) is 0 Å². The molecule has 1 N–H and O–H groups in total. The van der Waals surface area contributed by atoms with E-state index in [1.165, 1.54) is 24.1 Å². The minimum atomic E-state index is -4.14. The average molecular weight is 582 g/mol. The Kier molecular flexibility index (Phi) is 11.2. The Hall–Kier alpha value is -4.05. The molecule has 1 atom stereocenters. The molecule has 9 nitrogen and oxygen atoms in total. The molecule has 3 aromatic carbocycles. The SMILES string of the molecule is CCCCNC(=O)[C@@H](C)N(Cc1cccc(OC)c1)C(=O)CN(c1ccc(OC)cc1)S(=O)(=O)c1ccc(C)cc1. The normalized spacial score (nSPS) is 11.8. The smallest absolute Gasteiger partial charge is 0.264 e. The van der Waals surface area contributed by atoms with Gasteiger partial charge in [-0.05, 0) is 74.4 Å². The van der Waals surface area contributed by atoms with Crippen molar-refractivity contribution >= 4 is 27.5 Å². The number of carbonyl (C=O) groups is 2. The molecular weight excluding hydrogens is 542 g/mol. The number of sulfonamides is 1. The molecule has 2 amide bonds. The van der Waals surface area contributed by atoms with E-state index in [9.17, 15) is 18.0 Å². The molecule has 0 spiro atoms. The Morgan fingerprint density at radius 3 is 2.20 bits per heavy atom. The maximum Gasteiger partial charge on any atom is 0.264 e. The highest BCUT2D eigenvalue weighted by atomic mass is 32.2. The maximum absolute atomic E-state index is 14.0. The highest BCUT2D eigenvalue weighted by Crippen LogP contribution is 2.27. The zero-order valence-corrected chi connectivity index (χ0v) is 25.1. The van der Waals surface area contributed by atoms with Crippen molar-refractivity contribution < 1.29 is 27.5 Å². The second-order valence-corrected chi connectivity index (χ2v) is 11.6. The van der Waals surface area contributed by atoms with Crippen molar-refractivity contribution in [2.45, 2.75) is 51.1 Å². The fraction of sp³-hybridized carbons (Fsp3) is 0.355. The van der Waals surface area contributed by atoms with E-state index in [0.717, 1.165) is 28.3 Å². The summed E-state index contributed by atoms with van der Waals surface area (Å²) in [5.74, 6) is 0.311. The average Bonchev–Trinajstić information content (AvgIpc) is 2.98. The zero-order valence-electron chi connectivity index (χ0n) is 24.3. The van der Waals surface area contributed by atoms with Gasteiger partial charge in [0.05, 0.1) is 24.8 Å². The lowest BCUT2D eigenvalue weighted by Crippen LogP contribution is -2.51. The quantitative estimate of drug-likeness (QED) is 0.280. The van der Waals surface area contributed by atoms with Gasteiger partial charge in [-0.1, -0.05) is 43.2 Å². The largest absolute Gasteiger partial charge is 0.497 e. The highest BCUT2D eigenvalue weighted by Gasteiger charge is 2.32. The van der Waals surface area contributed by atoms with Crippen molar-refractivity contribution in [1.29, 1.82) is 0 Å². The van der Waals surface area contributed by atoms with E-state index >= 15 is 0 Å². The molecule has 0 saturated carbocycles. The lowest BCUT2D eigenvalue weighted by molar-refractivity contribution is -0.139. The molecule has 41 heavy (non-hydrogen) atoms. The molecule has 0 unspecified atom stereocenters. The molecule has 0 aromatic heterocycles. The number of methoxy groups -OCH3 is 2. The van der Waals surface area contributed by atoms with Crippen LogP contribution in [0.2, 0.25) is 0 Å². The lowest BCUT2D eigenvalue weighted by atomic mass is 10.1. The maximum atomic E-state index is 14.0. The molecule has 0 aliphatic carbocycles. The van der Waals surface area contributed by atoms with Crippen molar-refractivity contribution in [2.24, 2.45) is 0 Å². The van der Waals surface area contributed by atoms with Crippen LogP contribution < -0.4 is 19.1 Å². The van der Waals surface area contributed by atoms with Crippen molar-refractivity contribution in [3.8, 4) is 11.5 Å². The number of nitrogens with one attached hydrogen (secondary N) is 1. The van der Waals surface area contributed by atoms with E-state index < -0.39 is 28.5 Å². The number of unbranched alkanes of at least 4 members (excludes halogenated alkanes) is 1. The first-order valence-corrected chi connectivity index (χ1v) is 15.0. The molecule has 0 heterocycles. The van der Waals surface area contributed by atoms with Gasteiger partial charge >= 0.3 is 0 Å². The van der Waals surface area contributed by atoms with Crippen molar-refractivity contribution in [1.82, 2.24) is 10.2 Å². The van der Waals surface area contributed by atoms with Crippen LogP contribution in [-0.4, -0.2) is 58.5 Å². The lowest BCUT2D eigenvalue weighted by Gasteiger charge is -2.32. The Labute approximate surface area is 243 Å². The van der Waals surface area contributed by atoms with Crippen molar-refractivity contribution in [3.05, 3.63) is 83.9 Å². The Morgan fingerprint density at radius 1 is 0.927 bits per heavy atom. The molecule has 0 saturated heterocycles. The second-order valence-electron chi connectivity index (χ2n) is 9.72. The van der Waals surface area contributed by atoms with Crippen LogP contribution in [0.15, 0.2) is 77.7 Å². The van der Waals surface area contributed by atoms with Gasteiger partial charge in [0.15, 0.2) is 0 Å². The van der Waals surface area contributed by atoms with Crippen LogP contribution in [-0.2, 0) is 26.2 Å². The van der Waals surface area contributed by atoms with Crippen molar-refractivity contribution in [3.63, 3.8) is 0 Å². The summed E-state index contributed by atoms with van der Waals surface area (Å²) in [6.45, 7) is 5.59. The molecular formula is C31H39N3O6S. The van der Waals surface area contributed by atoms with Gasteiger partial charge in [0.2, 0.25) is 11.8 Å². The Morgan fingerprint density at radius 2 is 1.59 bits per heavy atom. The summed E-state index contributed by atoms with van der Waals surface area (Å²) < 4.78 is 39.4. The van der Waals surface area contributed by atoms with Crippen LogP contribution in [0.5, 0.6) is 11.5 Å². The van der Waals surface area contributed by atoms with E-state index in [-0.39, 0.29) is 17.3 Å². The summed E-state index contributed by atoms with van der Waals surface area (Å²) >= 11 is 0. The van der Waals surface area contributed by atoms with Gasteiger partial charge in [0.25, 0.3) is 10.0 Å². The third-order valence-electron chi connectivity index (χ3n) is 6.73. The standard InChI is InChI=1S/C31H39N3O6S/c1-6-7-19-32-31(36)24(3)33(21-25-9-8-10-28(20-25)40-5)30(35)22-34(26-13-15-27(39-4)16-14-26)41(37,38)29-17-11-23(2)12-18-29/h8-18,20,24H,6-7,19,21-22H2,1-5H3,(H,32,36)/t24-/m1/s1. The van der Waals surface area contributed by atoms with Gasteiger partial charge in [-0.2, -0.15) is 0 Å². The van der Waals surface area contributed by atoms with Gasteiger partial charge in [-0.25, -0.2) is 8.42 Å². The summed E-state index contributed by atoms with van der Waals surface area (Å²) in [7, 11) is -1.07. The first kappa shape index (κ1) is 31.5. The molecule has 0 fully saturated rings. The summed E-state index contributed by atoms with van der Waals surface area (Å²) in [5.41, 5.74) is 1.94. The number of rotatable bonds is 14. The molecule has 3 rings (SSSR count). The van der Waals surface area contributed by atoms with Gasteiger partial charge in [0.1, 0.15) is 24.1 Å². The summed E-state index contributed by atoms with van der Waals surface area (Å²) in [6, 6.07) is 19.2. The molecule has 3 aromatic rings. The van der Waals surface area contributed by atoms with Crippen LogP contribution >= 0.6 is 0 Å². The second kappa shape index (κ2) is 14.5. The van der Waals surface area contributed by atoms with E-state index in [2.05, 4.69) is 5.32 Å². The molecule has 220 valence electrons. The molecule has 0 aliphatic heterocycles. The summed E-state index contributed by atoms with van der Waals surface area (Å²) in [6.07, 6.45) is 1.72. The number of amides is 2. The Balaban J connectivity index is 2.01. The summed E-state index contributed by atoms with van der Waals surface area (Å²) in [5, 5.41) is 2.88. The number of anilines is 1. The van der Waals surface area contributed by atoms with Crippen LogP contribution in [0.1, 0.15) is 37.8 Å². The predicted molar refractivity (Wildman–Crippen MR) is 160 cm³/mol. The fourth-order valence-electron chi connectivity index (χ4n) is 4.20. The summed E-state index contributed by atoms with van der Waals surface area (Å²) in [4.78, 5) is 28.5. The van der Waals surface area contributed by atoms with E-state index in [4.69, 9.17) is 9.47 Å². The van der Waals surface area contributed by atoms with E-state index in [1.807, 2.05) is 19.9 Å². The molecule has 0 aliphatic rings. The first-order chi connectivity index (χ1) is 19.6. The predicted octanol–water partition coefficient (Wildman–Crippen LogP) is 4.54. The number of nitrogens with zero attached hydrogens (tertiary/aromatic N) is 2. The highest BCUT2D eigenvalue weighted by molar-refractivity contribution is 7.92. The van der Waals surface area contributed by atoms with Gasteiger partial charge < -0.3 is 19.7 Å². The number of hydrogen-bond acceptors (Lipinski definition) is 6. The minimum absolute atomic E-state index is 0.0522. The first-order valence-electron chi connectivity index (χ1n) is 13.5. The van der Waals surface area contributed by atoms with E-state index in [0.29, 0.717) is 23.7 Å².